The van der Waals surface area contributed by atoms with Gasteiger partial charge in [-0.2, -0.15) is 5.10 Å². The van der Waals surface area contributed by atoms with E-state index in [1.807, 2.05) is 12.1 Å². The fourth-order valence-corrected chi connectivity index (χ4v) is 2.71. The van der Waals surface area contributed by atoms with Gasteiger partial charge in [0.15, 0.2) is 0 Å². The maximum Gasteiger partial charge on any atom is 0.136 e. The Kier molecular flexibility index (Phi) is 5.72. The Morgan fingerprint density at radius 1 is 1.31 bits per heavy atom. The van der Waals surface area contributed by atoms with E-state index in [0.717, 1.165) is 11.3 Å². The summed E-state index contributed by atoms with van der Waals surface area (Å²) in [5, 5.41) is 7.01. The van der Waals surface area contributed by atoms with Crippen molar-refractivity contribution >= 4 is 0 Å². The first kappa shape index (κ1) is 17.8. The van der Waals surface area contributed by atoms with Crippen LogP contribution in [0.15, 0.2) is 47.2 Å². The van der Waals surface area contributed by atoms with Crippen LogP contribution in [0.25, 0.3) is 11.3 Å². The second-order valence-electron chi connectivity index (χ2n) is 5.77. The number of halogens is 1. The molecule has 1 aromatic carbocycles. The lowest BCUT2D eigenvalue weighted by molar-refractivity contribution is 0.264. The van der Waals surface area contributed by atoms with Crippen LogP contribution in [0.1, 0.15) is 18.2 Å². The fraction of sp³-hybridized carbons (Fsp3) is 0.250. The maximum atomic E-state index is 14.4. The molecule has 0 atom stereocenters. The largest absolute Gasteiger partial charge is 0.497 e. The zero-order chi connectivity index (χ0) is 18.4. The third-order valence-corrected chi connectivity index (χ3v) is 4.00. The smallest absolute Gasteiger partial charge is 0.136 e. The van der Waals surface area contributed by atoms with Gasteiger partial charge in [-0.05, 0) is 31.2 Å². The average molecular weight is 353 g/mol. The van der Waals surface area contributed by atoms with E-state index in [4.69, 9.17) is 9.15 Å². The zero-order valence-corrected chi connectivity index (χ0v) is 14.8. The van der Waals surface area contributed by atoms with E-state index in [0.29, 0.717) is 36.6 Å². The van der Waals surface area contributed by atoms with Crippen LogP contribution in [-0.4, -0.2) is 28.8 Å². The summed E-state index contributed by atoms with van der Waals surface area (Å²) in [5.41, 5.74) is 2.00. The molecule has 134 valence electrons. The minimum Gasteiger partial charge on any atom is -0.497 e. The van der Waals surface area contributed by atoms with Gasteiger partial charge in [0.25, 0.3) is 0 Å². The first-order valence-electron chi connectivity index (χ1n) is 8.21. The summed E-state index contributed by atoms with van der Waals surface area (Å²) >= 11 is 0. The van der Waals surface area contributed by atoms with Crippen LogP contribution in [-0.2, 0) is 13.1 Å². The number of furan rings is 1. The van der Waals surface area contributed by atoms with Gasteiger partial charge in [-0.1, -0.05) is 5.92 Å². The summed E-state index contributed by atoms with van der Waals surface area (Å²) in [6.45, 7) is 3.55. The van der Waals surface area contributed by atoms with Crippen LogP contribution in [0.4, 0.5) is 4.39 Å². The Morgan fingerprint density at radius 2 is 2.19 bits per heavy atom. The quantitative estimate of drug-likeness (QED) is 0.656. The van der Waals surface area contributed by atoms with E-state index in [9.17, 15) is 4.39 Å². The molecular weight excluding hydrogens is 333 g/mol. The first-order chi connectivity index (χ1) is 12.7. The lowest BCUT2D eigenvalue weighted by atomic mass is 10.1. The number of nitrogens with zero attached hydrogens (tertiary/aromatic N) is 2. The number of hydrogen-bond acceptors (Lipinski definition) is 4. The van der Waals surface area contributed by atoms with Crippen molar-refractivity contribution in [3.05, 3.63) is 59.9 Å². The Hall–Kier alpha value is -3.04. The SMILES string of the molecule is CC#CCN(Cc1ccco1)Cc1cn[nH]c1-c1ccc(OC)cc1F. The molecule has 0 spiro atoms. The number of benzene rings is 1. The predicted octanol–water partition coefficient (Wildman–Crippen LogP) is 3.84. The third-order valence-electron chi connectivity index (χ3n) is 4.00. The minimum absolute atomic E-state index is 0.360. The molecule has 0 radical (unpaired) electrons. The number of rotatable bonds is 7. The highest BCUT2D eigenvalue weighted by Gasteiger charge is 2.16. The number of H-pyrrole nitrogens is 1. The van der Waals surface area contributed by atoms with Crippen LogP contribution >= 0.6 is 0 Å². The van der Waals surface area contributed by atoms with Crippen molar-refractivity contribution < 1.29 is 13.5 Å². The monoisotopic (exact) mass is 353 g/mol. The molecule has 26 heavy (non-hydrogen) atoms. The van der Waals surface area contributed by atoms with E-state index < -0.39 is 0 Å². The van der Waals surface area contributed by atoms with E-state index >= 15 is 0 Å². The lowest BCUT2D eigenvalue weighted by Crippen LogP contribution is -2.23. The van der Waals surface area contributed by atoms with Crippen molar-refractivity contribution in [2.75, 3.05) is 13.7 Å². The predicted molar refractivity (Wildman–Crippen MR) is 96.8 cm³/mol. The fourth-order valence-electron chi connectivity index (χ4n) is 2.71. The Labute approximate surface area is 151 Å². The molecule has 0 aliphatic rings. The molecule has 2 aromatic heterocycles. The number of aromatic nitrogens is 2. The van der Waals surface area contributed by atoms with Gasteiger partial charge in [-0.15, -0.1) is 5.92 Å². The van der Waals surface area contributed by atoms with Gasteiger partial charge in [-0.3, -0.25) is 10.00 Å². The highest BCUT2D eigenvalue weighted by Crippen LogP contribution is 2.28. The van der Waals surface area contributed by atoms with Gasteiger partial charge in [0.2, 0.25) is 0 Å². The second kappa shape index (κ2) is 8.37. The van der Waals surface area contributed by atoms with Crippen molar-refractivity contribution in [3.63, 3.8) is 0 Å². The zero-order valence-electron chi connectivity index (χ0n) is 14.8. The molecule has 0 saturated heterocycles. The highest BCUT2D eigenvalue weighted by molar-refractivity contribution is 5.64. The standard InChI is InChI=1S/C20H20FN3O2/c1-3-4-9-24(14-17-6-5-10-26-17)13-15-12-22-23-20(15)18-8-7-16(25-2)11-19(18)21/h5-8,10-12H,9,13-14H2,1-2H3,(H,22,23). The molecule has 0 amide bonds. The Balaban J connectivity index is 1.84. The third kappa shape index (κ3) is 4.13. The van der Waals surface area contributed by atoms with Gasteiger partial charge in [0, 0.05) is 23.7 Å². The summed E-state index contributed by atoms with van der Waals surface area (Å²) in [4.78, 5) is 2.12. The van der Waals surface area contributed by atoms with Gasteiger partial charge >= 0.3 is 0 Å². The molecule has 2 heterocycles. The van der Waals surface area contributed by atoms with Crippen molar-refractivity contribution in [2.45, 2.75) is 20.0 Å². The van der Waals surface area contributed by atoms with Crippen LogP contribution in [0.5, 0.6) is 5.75 Å². The minimum atomic E-state index is -0.360. The highest BCUT2D eigenvalue weighted by atomic mass is 19.1. The summed E-state index contributed by atoms with van der Waals surface area (Å²) in [6.07, 6.45) is 3.36. The van der Waals surface area contributed by atoms with E-state index in [2.05, 4.69) is 26.9 Å². The molecule has 0 fully saturated rings. The van der Waals surface area contributed by atoms with E-state index in [-0.39, 0.29) is 5.82 Å². The normalized spacial score (nSPS) is 10.6. The maximum absolute atomic E-state index is 14.4. The summed E-state index contributed by atoms with van der Waals surface area (Å²) in [7, 11) is 1.51. The van der Waals surface area contributed by atoms with Crippen molar-refractivity contribution in [1.82, 2.24) is 15.1 Å². The van der Waals surface area contributed by atoms with Crippen molar-refractivity contribution in [1.29, 1.82) is 0 Å². The molecule has 0 aliphatic carbocycles. The molecule has 1 N–H and O–H groups in total. The van der Waals surface area contributed by atoms with Crippen LogP contribution in [0.3, 0.4) is 0 Å². The number of aromatic amines is 1. The molecule has 0 saturated carbocycles. The van der Waals surface area contributed by atoms with Gasteiger partial charge in [0.05, 0.1) is 38.4 Å². The lowest BCUT2D eigenvalue weighted by Gasteiger charge is -2.18. The Morgan fingerprint density at radius 3 is 2.88 bits per heavy atom. The number of hydrogen-bond donors (Lipinski definition) is 1. The average Bonchev–Trinajstić information content (AvgIpc) is 3.31. The van der Waals surface area contributed by atoms with Gasteiger partial charge < -0.3 is 9.15 Å². The van der Waals surface area contributed by atoms with E-state index in [1.165, 1.54) is 13.2 Å². The summed E-state index contributed by atoms with van der Waals surface area (Å²) < 4.78 is 24.9. The molecule has 0 aliphatic heterocycles. The topological polar surface area (TPSA) is 54.3 Å². The van der Waals surface area contributed by atoms with Crippen LogP contribution in [0.2, 0.25) is 0 Å². The first-order valence-corrected chi connectivity index (χ1v) is 8.21. The molecule has 6 heteroatoms. The summed E-state index contributed by atoms with van der Waals surface area (Å²) in [5.74, 6) is 6.94. The van der Waals surface area contributed by atoms with Gasteiger partial charge in [-0.25, -0.2) is 4.39 Å². The molecule has 3 aromatic rings. The molecule has 3 rings (SSSR count). The molecule has 0 unspecified atom stereocenters. The second-order valence-corrected chi connectivity index (χ2v) is 5.77. The molecular formula is C20H20FN3O2. The number of ether oxygens (including phenoxy) is 1. The summed E-state index contributed by atoms with van der Waals surface area (Å²) in [6, 6.07) is 8.56. The Bertz CT molecular complexity index is 907. The van der Waals surface area contributed by atoms with E-state index in [1.54, 1.807) is 31.5 Å². The number of methoxy groups -OCH3 is 1. The van der Waals surface area contributed by atoms with Crippen molar-refractivity contribution in [2.24, 2.45) is 0 Å². The molecule has 0 bridgehead atoms. The number of nitrogens with one attached hydrogen (secondary N) is 1. The van der Waals surface area contributed by atoms with Gasteiger partial charge in [0.1, 0.15) is 17.3 Å². The van der Waals surface area contributed by atoms with Crippen LogP contribution in [0, 0.1) is 17.7 Å². The molecule has 5 nitrogen and oxygen atoms in total. The van der Waals surface area contributed by atoms with Crippen LogP contribution < -0.4 is 4.74 Å². The van der Waals surface area contributed by atoms with Crippen molar-refractivity contribution in [3.8, 4) is 28.8 Å².